The van der Waals surface area contributed by atoms with Crippen LogP contribution in [0.4, 0.5) is 0 Å². The Bertz CT molecular complexity index is 1310. The standard InChI is InChI=1S/C30H32N4OS/c1-21-11-15-24(16-12-21)27-28(25-17-13-22(2)14-18-25)32-33-29(31-27)36-20-26(35)34(30(3,4)5)19-23-9-7-6-8-10-23/h6-18H,19-20H2,1-5H3. The van der Waals surface area contributed by atoms with E-state index in [1.54, 1.807) is 0 Å². The summed E-state index contributed by atoms with van der Waals surface area (Å²) in [6.45, 7) is 10.9. The van der Waals surface area contributed by atoms with Gasteiger partial charge in [-0.25, -0.2) is 4.98 Å². The molecule has 0 aliphatic heterocycles. The van der Waals surface area contributed by atoms with Crippen molar-refractivity contribution < 1.29 is 4.79 Å². The molecule has 4 aromatic rings. The Morgan fingerprint density at radius 1 is 0.778 bits per heavy atom. The summed E-state index contributed by atoms with van der Waals surface area (Å²) >= 11 is 1.33. The van der Waals surface area contributed by atoms with Crippen molar-refractivity contribution in [3.8, 4) is 22.5 Å². The Hall–Kier alpha value is -3.51. The van der Waals surface area contributed by atoms with Crippen LogP contribution >= 0.6 is 11.8 Å². The summed E-state index contributed by atoms with van der Waals surface area (Å²) in [7, 11) is 0. The van der Waals surface area contributed by atoms with E-state index in [2.05, 4.69) is 81.2 Å². The number of aryl methyl sites for hydroxylation is 2. The zero-order valence-electron chi connectivity index (χ0n) is 21.5. The SMILES string of the molecule is Cc1ccc(-c2nnc(SCC(=O)N(Cc3ccccc3)C(C)(C)C)nc2-c2ccc(C)cc2)cc1. The van der Waals surface area contributed by atoms with Gasteiger partial charge in [-0.05, 0) is 40.2 Å². The molecule has 0 saturated heterocycles. The van der Waals surface area contributed by atoms with E-state index in [1.807, 2.05) is 47.4 Å². The quantitative estimate of drug-likeness (QED) is 0.265. The third kappa shape index (κ3) is 6.38. The number of carbonyl (C=O) groups excluding carboxylic acids is 1. The second-order valence-corrected chi connectivity index (χ2v) is 10.9. The van der Waals surface area contributed by atoms with E-state index in [0.717, 1.165) is 28.1 Å². The van der Waals surface area contributed by atoms with Gasteiger partial charge in [0.25, 0.3) is 0 Å². The topological polar surface area (TPSA) is 59.0 Å². The highest BCUT2D eigenvalue weighted by molar-refractivity contribution is 7.99. The van der Waals surface area contributed by atoms with Crippen molar-refractivity contribution in [2.24, 2.45) is 0 Å². The van der Waals surface area contributed by atoms with Gasteiger partial charge in [-0.1, -0.05) is 102 Å². The van der Waals surface area contributed by atoms with Gasteiger partial charge in [-0.2, -0.15) is 0 Å². The smallest absolute Gasteiger partial charge is 0.233 e. The van der Waals surface area contributed by atoms with Gasteiger partial charge < -0.3 is 4.90 Å². The molecule has 0 saturated carbocycles. The predicted molar refractivity (Wildman–Crippen MR) is 148 cm³/mol. The number of rotatable bonds is 7. The number of thioether (sulfide) groups is 1. The van der Waals surface area contributed by atoms with Crippen LogP contribution in [0.3, 0.4) is 0 Å². The van der Waals surface area contributed by atoms with Gasteiger partial charge in [0.2, 0.25) is 11.1 Å². The van der Waals surface area contributed by atoms with Crippen LogP contribution in [0.15, 0.2) is 84.0 Å². The molecule has 0 aliphatic carbocycles. The summed E-state index contributed by atoms with van der Waals surface area (Å²) in [6.07, 6.45) is 0. The van der Waals surface area contributed by atoms with Crippen molar-refractivity contribution in [1.29, 1.82) is 0 Å². The molecule has 0 spiro atoms. The van der Waals surface area contributed by atoms with Crippen LogP contribution < -0.4 is 0 Å². The fourth-order valence-electron chi connectivity index (χ4n) is 3.86. The molecular weight excluding hydrogens is 464 g/mol. The van der Waals surface area contributed by atoms with Crippen molar-refractivity contribution in [3.05, 3.63) is 95.6 Å². The molecule has 0 N–H and O–H groups in total. The summed E-state index contributed by atoms with van der Waals surface area (Å²) in [4.78, 5) is 20.1. The molecule has 5 nitrogen and oxygen atoms in total. The number of hydrogen-bond acceptors (Lipinski definition) is 5. The van der Waals surface area contributed by atoms with Crippen LogP contribution in [0, 0.1) is 13.8 Å². The summed E-state index contributed by atoms with van der Waals surface area (Å²) in [6, 6.07) is 26.5. The second kappa shape index (κ2) is 11.0. The van der Waals surface area contributed by atoms with Crippen LogP contribution in [0.2, 0.25) is 0 Å². The highest BCUT2D eigenvalue weighted by Gasteiger charge is 2.27. The van der Waals surface area contributed by atoms with Gasteiger partial charge in [-0.3, -0.25) is 4.79 Å². The van der Waals surface area contributed by atoms with E-state index in [0.29, 0.717) is 11.7 Å². The molecule has 0 bridgehead atoms. The predicted octanol–water partition coefficient (Wildman–Crippen LogP) is 6.74. The highest BCUT2D eigenvalue weighted by atomic mass is 32.2. The number of amides is 1. The van der Waals surface area contributed by atoms with Gasteiger partial charge in [0.1, 0.15) is 11.4 Å². The van der Waals surface area contributed by atoms with Crippen LogP contribution in [-0.4, -0.2) is 37.3 Å². The summed E-state index contributed by atoms with van der Waals surface area (Å²) in [5, 5.41) is 9.44. The van der Waals surface area contributed by atoms with Crippen molar-refractivity contribution >= 4 is 17.7 Å². The zero-order valence-corrected chi connectivity index (χ0v) is 22.3. The first-order chi connectivity index (χ1) is 17.2. The molecule has 0 aliphatic rings. The minimum Gasteiger partial charge on any atom is -0.333 e. The molecule has 1 aromatic heterocycles. The van der Waals surface area contributed by atoms with E-state index in [4.69, 9.17) is 4.98 Å². The molecule has 0 unspecified atom stereocenters. The number of benzene rings is 3. The van der Waals surface area contributed by atoms with Crippen molar-refractivity contribution in [2.45, 2.75) is 51.9 Å². The molecule has 3 aromatic carbocycles. The third-order valence-corrected chi connectivity index (χ3v) is 6.76. The van der Waals surface area contributed by atoms with Crippen molar-refractivity contribution in [1.82, 2.24) is 20.1 Å². The molecular formula is C30H32N4OS. The Morgan fingerprint density at radius 2 is 1.33 bits per heavy atom. The molecule has 0 radical (unpaired) electrons. The first-order valence-corrected chi connectivity index (χ1v) is 13.1. The monoisotopic (exact) mass is 496 g/mol. The first kappa shape index (κ1) is 25.6. The van der Waals surface area contributed by atoms with Crippen molar-refractivity contribution in [2.75, 3.05) is 5.75 Å². The number of hydrogen-bond donors (Lipinski definition) is 0. The number of aromatic nitrogens is 3. The van der Waals surface area contributed by atoms with E-state index in [-0.39, 0.29) is 17.2 Å². The fourth-order valence-corrected chi connectivity index (χ4v) is 4.52. The maximum atomic E-state index is 13.3. The Labute approximate surface area is 218 Å². The second-order valence-electron chi connectivity index (χ2n) is 9.95. The summed E-state index contributed by atoms with van der Waals surface area (Å²) < 4.78 is 0. The maximum Gasteiger partial charge on any atom is 0.233 e. The van der Waals surface area contributed by atoms with Crippen LogP contribution in [0.5, 0.6) is 0 Å². The van der Waals surface area contributed by atoms with E-state index in [1.165, 1.54) is 22.9 Å². The van der Waals surface area contributed by atoms with Gasteiger partial charge in [0.05, 0.1) is 5.75 Å². The number of carbonyl (C=O) groups is 1. The van der Waals surface area contributed by atoms with Gasteiger partial charge in [-0.15, -0.1) is 10.2 Å². The lowest BCUT2D eigenvalue weighted by molar-refractivity contribution is -0.133. The lowest BCUT2D eigenvalue weighted by Gasteiger charge is -2.36. The average Bonchev–Trinajstić information content (AvgIpc) is 2.87. The number of nitrogens with zero attached hydrogens (tertiary/aromatic N) is 4. The molecule has 1 heterocycles. The van der Waals surface area contributed by atoms with Crippen LogP contribution in [0.25, 0.3) is 22.5 Å². The van der Waals surface area contributed by atoms with E-state index in [9.17, 15) is 4.79 Å². The van der Waals surface area contributed by atoms with E-state index < -0.39 is 0 Å². The lowest BCUT2D eigenvalue weighted by Crippen LogP contribution is -2.45. The van der Waals surface area contributed by atoms with Crippen LogP contribution in [0.1, 0.15) is 37.5 Å². The van der Waals surface area contributed by atoms with Crippen molar-refractivity contribution in [3.63, 3.8) is 0 Å². The molecule has 0 atom stereocenters. The third-order valence-electron chi connectivity index (χ3n) is 5.94. The normalized spacial score (nSPS) is 11.4. The molecule has 36 heavy (non-hydrogen) atoms. The minimum absolute atomic E-state index is 0.0412. The Balaban J connectivity index is 1.59. The van der Waals surface area contributed by atoms with Crippen LogP contribution in [-0.2, 0) is 11.3 Å². The van der Waals surface area contributed by atoms with Gasteiger partial charge in [0, 0.05) is 23.2 Å². The molecule has 184 valence electrons. The lowest BCUT2D eigenvalue weighted by atomic mass is 10.0. The first-order valence-electron chi connectivity index (χ1n) is 12.1. The summed E-state index contributed by atoms with van der Waals surface area (Å²) in [5.41, 5.74) is 6.59. The summed E-state index contributed by atoms with van der Waals surface area (Å²) in [5.74, 6) is 0.280. The fraction of sp³-hybridized carbons (Fsp3) is 0.267. The molecule has 0 fully saturated rings. The van der Waals surface area contributed by atoms with E-state index >= 15 is 0 Å². The largest absolute Gasteiger partial charge is 0.333 e. The maximum absolute atomic E-state index is 13.3. The minimum atomic E-state index is -0.311. The van der Waals surface area contributed by atoms with Gasteiger partial charge in [0.15, 0.2) is 0 Å². The van der Waals surface area contributed by atoms with Gasteiger partial charge >= 0.3 is 0 Å². The Morgan fingerprint density at radius 3 is 1.89 bits per heavy atom. The Kier molecular flexibility index (Phi) is 7.85. The molecule has 6 heteroatoms. The highest BCUT2D eigenvalue weighted by Crippen LogP contribution is 2.30. The molecule has 4 rings (SSSR count). The zero-order chi connectivity index (χ0) is 25.7. The molecule has 1 amide bonds. The average molecular weight is 497 g/mol.